The van der Waals surface area contributed by atoms with Gasteiger partial charge in [0.2, 0.25) is 0 Å². The predicted molar refractivity (Wildman–Crippen MR) is 94.3 cm³/mol. The lowest BCUT2D eigenvalue weighted by atomic mass is 9.80. The van der Waals surface area contributed by atoms with Crippen LogP contribution in [-0.2, 0) is 9.31 Å². The number of hydrogen-bond acceptors (Lipinski definition) is 5. The van der Waals surface area contributed by atoms with Crippen LogP contribution in [0.15, 0.2) is 18.3 Å². The van der Waals surface area contributed by atoms with Gasteiger partial charge < -0.3 is 19.1 Å². The molecule has 6 heteroatoms. The van der Waals surface area contributed by atoms with Crippen molar-refractivity contribution in [2.24, 2.45) is 0 Å². The maximum Gasteiger partial charge on any atom is 0.496 e. The minimum absolute atomic E-state index is 0.317. The second-order valence-electron chi connectivity index (χ2n) is 7.84. The van der Waals surface area contributed by atoms with Crippen molar-refractivity contribution in [3.8, 4) is 0 Å². The molecule has 0 spiro atoms. The fourth-order valence-corrected chi connectivity index (χ4v) is 3.17. The van der Waals surface area contributed by atoms with Crippen molar-refractivity contribution < 1.29 is 9.31 Å². The molecule has 0 aromatic carbocycles. The van der Waals surface area contributed by atoms with Gasteiger partial charge in [0.15, 0.2) is 0 Å². The molecule has 0 amide bonds. The maximum absolute atomic E-state index is 6.09. The van der Waals surface area contributed by atoms with Gasteiger partial charge in [-0.2, -0.15) is 0 Å². The quantitative estimate of drug-likeness (QED) is 0.773. The molecular formula is C17H28BN3O2. The van der Waals surface area contributed by atoms with Crippen molar-refractivity contribution in [1.29, 1.82) is 0 Å². The first-order valence-corrected chi connectivity index (χ1v) is 8.46. The molecule has 0 saturated carbocycles. The van der Waals surface area contributed by atoms with Crippen LogP contribution in [0.4, 0.5) is 5.82 Å². The lowest BCUT2D eigenvalue weighted by Crippen LogP contribution is -2.51. The van der Waals surface area contributed by atoms with Gasteiger partial charge in [0.1, 0.15) is 5.82 Å². The molecule has 0 bridgehead atoms. The summed E-state index contributed by atoms with van der Waals surface area (Å²) in [5.74, 6) is 1.03. The number of aromatic nitrogens is 1. The highest BCUT2D eigenvalue weighted by atomic mass is 16.7. The van der Waals surface area contributed by atoms with Gasteiger partial charge in [-0.25, -0.2) is 4.98 Å². The second-order valence-corrected chi connectivity index (χ2v) is 7.84. The summed E-state index contributed by atoms with van der Waals surface area (Å²) in [5.41, 5.74) is 0.346. The molecule has 1 aromatic heterocycles. The molecule has 2 aliphatic heterocycles. The Labute approximate surface area is 140 Å². The number of nitrogens with zero attached hydrogens (tertiary/aromatic N) is 3. The van der Waals surface area contributed by atoms with Crippen LogP contribution < -0.4 is 10.4 Å². The number of rotatable bonds is 2. The van der Waals surface area contributed by atoms with Crippen LogP contribution in [0.5, 0.6) is 0 Å². The molecule has 2 aliphatic rings. The summed E-state index contributed by atoms with van der Waals surface area (Å²) in [4.78, 5) is 9.40. The zero-order valence-corrected chi connectivity index (χ0v) is 15.2. The first kappa shape index (κ1) is 16.7. The average molecular weight is 317 g/mol. The molecule has 3 heterocycles. The number of hydrogen-bond donors (Lipinski definition) is 0. The molecule has 126 valence electrons. The first-order valence-electron chi connectivity index (χ1n) is 8.46. The molecular weight excluding hydrogens is 289 g/mol. The Balaban J connectivity index is 1.73. The van der Waals surface area contributed by atoms with Gasteiger partial charge >= 0.3 is 7.12 Å². The van der Waals surface area contributed by atoms with Crippen molar-refractivity contribution in [3.63, 3.8) is 0 Å². The van der Waals surface area contributed by atoms with Crippen molar-refractivity contribution >= 4 is 18.4 Å². The van der Waals surface area contributed by atoms with Gasteiger partial charge in [-0.1, -0.05) is 6.07 Å². The third-order valence-corrected chi connectivity index (χ3v) is 5.42. The fraction of sp³-hybridized carbons (Fsp3) is 0.706. The van der Waals surface area contributed by atoms with Crippen molar-refractivity contribution in [3.05, 3.63) is 18.3 Å². The summed E-state index contributed by atoms with van der Waals surface area (Å²) in [6.07, 6.45) is 1.89. The van der Waals surface area contributed by atoms with E-state index in [-0.39, 0.29) is 18.3 Å². The normalized spacial score (nSPS) is 27.5. The summed E-state index contributed by atoms with van der Waals surface area (Å²) >= 11 is 0. The van der Waals surface area contributed by atoms with Crippen molar-refractivity contribution in [2.75, 3.05) is 31.6 Å². The minimum Gasteiger partial charge on any atom is -0.399 e. The largest absolute Gasteiger partial charge is 0.496 e. The molecule has 5 nitrogen and oxygen atoms in total. The molecule has 0 N–H and O–H groups in total. The summed E-state index contributed by atoms with van der Waals surface area (Å²) < 4.78 is 12.2. The highest BCUT2D eigenvalue weighted by Crippen LogP contribution is 2.36. The van der Waals surface area contributed by atoms with Crippen molar-refractivity contribution in [2.45, 2.75) is 51.9 Å². The topological polar surface area (TPSA) is 37.8 Å². The van der Waals surface area contributed by atoms with E-state index < -0.39 is 0 Å². The van der Waals surface area contributed by atoms with E-state index in [1.165, 1.54) is 0 Å². The van der Waals surface area contributed by atoms with Crippen LogP contribution in [0, 0.1) is 0 Å². The molecule has 2 fully saturated rings. The summed E-state index contributed by atoms with van der Waals surface area (Å²) in [7, 11) is 1.83. The van der Waals surface area contributed by atoms with Gasteiger partial charge in [0.25, 0.3) is 0 Å². The van der Waals surface area contributed by atoms with E-state index in [0.717, 1.165) is 30.9 Å². The molecule has 2 saturated heterocycles. The zero-order valence-electron chi connectivity index (χ0n) is 15.2. The lowest BCUT2D eigenvalue weighted by Gasteiger charge is -2.39. The number of anilines is 1. The van der Waals surface area contributed by atoms with E-state index in [1.807, 2.05) is 6.20 Å². The van der Waals surface area contributed by atoms with E-state index in [9.17, 15) is 0 Å². The minimum atomic E-state index is -0.341. The molecule has 1 atom stereocenters. The average Bonchev–Trinajstić information content (AvgIpc) is 2.68. The van der Waals surface area contributed by atoms with Gasteiger partial charge in [-0.15, -0.1) is 0 Å². The van der Waals surface area contributed by atoms with Gasteiger partial charge in [0, 0.05) is 37.3 Å². The standard InChI is InChI=1S/C17H28BN3O2/c1-13-12-20(6)9-10-21(13)15-8-7-14(11-19-15)18-22-16(2,3)17(4,5)23-18/h7-8,11,13H,9-10,12H2,1-6H3/t13-/m0/s1. The van der Waals surface area contributed by atoms with Crippen LogP contribution in [-0.4, -0.2) is 60.9 Å². The Morgan fingerprint density at radius 2 is 1.78 bits per heavy atom. The summed E-state index contributed by atoms with van der Waals surface area (Å²) in [6, 6.07) is 4.64. The van der Waals surface area contributed by atoms with E-state index in [2.05, 4.69) is 68.6 Å². The molecule has 0 aliphatic carbocycles. The van der Waals surface area contributed by atoms with E-state index >= 15 is 0 Å². The monoisotopic (exact) mass is 317 g/mol. The van der Waals surface area contributed by atoms with E-state index in [0.29, 0.717) is 6.04 Å². The molecule has 3 rings (SSSR count). The Morgan fingerprint density at radius 3 is 2.30 bits per heavy atom. The first-order chi connectivity index (χ1) is 10.7. The van der Waals surface area contributed by atoms with Crippen LogP contribution in [0.25, 0.3) is 0 Å². The Kier molecular flexibility index (Phi) is 4.19. The Hall–Kier alpha value is -1.11. The maximum atomic E-state index is 6.09. The SMILES string of the molecule is C[C@H]1CN(C)CCN1c1ccc(B2OC(C)(C)C(C)(C)O2)cn1. The predicted octanol–water partition coefficient (Wildman–Crippen LogP) is 1.52. The van der Waals surface area contributed by atoms with Crippen molar-refractivity contribution in [1.82, 2.24) is 9.88 Å². The van der Waals surface area contributed by atoms with Crippen LogP contribution in [0.3, 0.4) is 0 Å². The second kappa shape index (κ2) is 5.76. The molecule has 1 aromatic rings. The van der Waals surface area contributed by atoms with Gasteiger partial charge in [-0.05, 0) is 47.7 Å². The van der Waals surface area contributed by atoms with Gasteiger partial charge in [0.05, 0.1) is 11.2 Å². The Morgan fingerprint density at radius 1 is 1.13 bits per heavy atom. The Bertz CT molecular complexity index is 545. The highest BCUT2D eigenvalue weighted by molar-refractivity contribution is 6.62. The van der Waals surface area contributed by atoms with Crippen LogP contribution in [0.2, 0.25) is 0 Å². The highest BCUT2D eigenvalue weighted by Gasteiger charge is 2.51. The molecule has 0 radical (unpaired) electrons. The van der Waals surface area contributed by atoms with Gasteiger partial charge in [-0.3, -0.25) is 0 Å². The summed E-state index contributed by atoms with van der Waals surface area (Å²) in [5, 5.41) is 0. The fourth-order valence-electron chi connectivity index (χ4n) is 3.17. The molecule has 23 heavy (non-hydrogen) atoms. The number of pyridine rings is 1. The third kappa shape index (κ3) is 3.12. The lowest BCUT2D eigenvalue weighted by molar-refractivity contribution is 0.00578. The van der Waals surface area contributed by atoms with Crippen LogP contribution >= 0.6 is 0 Å². The molecule has 0 unspecified atom stereocenters. The smallest absolute Gasteiger partial charge is 0.399 e. The van der Waals surface area contributed by atoms with Crippen LogP contribution in [0.1, 0.15) is 34.6 Å². The number of piperazine rings is 1. The summed E-state index contributed by atoms with van der Waals surface area (Å²) in [6.45, 7) is 13.7. The number of likely N-dealkylation sites (N-methyl/N-ethyl adjacent to an activating group) is 1. The zero-order chi connectivity index (χ0) is 16.8. The van der Waals surface area contributed by atoms with E-state index in [4.69, 9.17) is 9.31 Å². The van der Waals surface area contributed by atoms with E-state index in [1.54, 1.807) is 0 Å². The third-order valence-electron chi connectivity index (χ3n) is 5.42.